The maximum absolute atomic E-state index is 13.2. The number of carbonyl (C=O) groups excluding carboxylic acids is 3. The van der Waals surface area contributed by atoms with Crippen molar-refractivity contribution in [3.8, 4) is 5.75 Å². The number of anilines is 1. The minimum absolute atomic E-state index is 0.0374. The van der Waals surface area contributed by atoms with Crippen LogP contribution in [0, 0.1) is 6.92 Å². The molecule has 8 nitrogen and oxygen atoms in total. The number of ketones is 1. The lowest BCUT2D eigenvalue weighted by molar-refractivity contribution is -0.132. The fourth-order valence-corrected chi connectivity index (χ4v) is 5.55. The monoisotopic (exact) mass is 512 g/mol. The molecule has 0 bridgehead atoms. The van der Waals surface area contributed by atoms with Gasteiger partial charge in [-0.15, -0.1) is 11.3 Å². The average Bonchev–Trinajstić information content (AvgIpc) is 3.58. The maximum atomic E-state index is 13.2. The molecule has 1 fully saturated rings. The molecule has 0 saturated carbocycles. The van der Waals surface area contributed by atoms with Crippen LogP contribution in [0.15, 0.2) is 47.4 Å². The number of thiophene rings is 1. The Morgan fingerprint density at radius 1 is 1.20 bits per heavy atom. The van der Waals surface area contributed by atoms with Crippen LogP contribution in [-0.2, 0) is 14.3 Å². The number of amides is 1. The standard InChI is InChI=1S/C25H24N2O6S2/c1-4-5-12-33-16-10-8-15(9-11-16)20(28)18-19(17-7-6-13-34-17)27(23(30)21(18)29)25-26-14(2)22(35-25)24(31)32-3/h6-11,13,19,28H,4-5,12H2,1-3H3/b20-18+. The van der Waals surface area contributed by atoms with E-state index >= 15 is 0 Å². The highest BCUT2D eigenvalue weighted by Gasteiger charge is 2.48. The lowest BCUT2D eigenvalue weighted by Gasteiger charge is -2.21. The van der Waals surface area contributed by atoms with Crippen LogP contribution in [0.25, 0.3) is 5.76 Å². The molecular weight excluding hydrogens is 488 g/mol. The molecule has 10 heteroatoms. The third-order valence-corrected chi connectivity index (χ3v) is 7.58. The molecule has 1 aliphatic rings. The summed E-state index contributed by atoms with van der Waals surface area (Å²) < 4.78 is 10.5. The highest BCUT2D eigenvalue weighted by molar-refractivity contribution is 7.18. The zero-order valence-corrected chi connectivity index (χ0v) is 21.1. The van der Waals surface area contributed by atoms with Crippen LogP contribution < -0.4 is 9.64 Å². The zero-order valence-electron chi connectivity index (χ0n) is 19.4. The molecule has 1 amide bonds. The number of aliphatic hydroxyl groups excluding tert-OH is 1. The second kappa shape index (κ2) is 10.4. The van der Waals surface area contributed by atoms with Gasteiger partial charge in [0.25, 0.3) is 5.78 Å². The van der Waals surface area contributed by atoms with Crippen LogP contribution in [0.2, 0.25) is 0 Å². The van der Waals surface area contributed by atoms with Crippen LogP contribution in [0.3, 0.4) is 0 Å². The Morgan fingerprint density at radius 2 is 1.94 bits per heavy atom. The minimum Gasteiger partial charge on any atom is -0.507 e. The number of Topliss-reactive ketones (excluding diaryl/α,β-unsaturated/α-hetero) is 1. The Morgan fingerprint density at radius 3 is 2.57 bits per heavy atom. The molecule has 1 aliphatic heterocycles. The van der Waals surface area contributed by atoms with E-state index in [-0.39, 0.29) is 21.3 Å². The van der Waals surface area contributed by atoms with Gasteiger partial charge in [-0.05, 0) is 49.1 Å². The third-order valence-electron chi connectivity index (χ3n) is 5.51. The molecule has 1 aromatic carbocycles. The van der Waals surface area contributed by atoms with Gasteiger partial charge >= 0.3 is 11.9 Å². The van der Waals surface area contributed by atoms with E-state index in [0.29, 0.717) is 28.5 Å². The molecule has 3 aromatic rings. The van der Waals surface area contributed by atoms with Crippen molar-refractivity contribution in [1.29, 1.82) is 0 Å². The number of hydrogen-bond acceptors (Lipinski definition) is 9. The van der Waals surface area contributed by atoms with Crippen molar-refractivity contribution in [2.24, 2.45) is 0 Å². The number of benzene rings is 1. The number of unbranched alkanes of at least 4 members (excludes halogenated alkanes) is 1. The SMILES string of the molecule is CCCCOc1ccc(/C(O)=C2\C(=O)C(=O)N(c3nc(C)c(C(=O)OC)s3)C2c2cccs2)cc1. The first-order chi connectivity index (χ1) is 16.9. The van der Waals surface area contributed by atoms with Gasteiger partial charge in [0, 0.05) is 10.4 Å². The summed E-state index contributed by atoms with van der Waals surface area (Å²) in [6.07, 6.45) is 1.95. The fraction of sp³-hybridized carbons (Fsp3) is 0.280. The van der Waals surface area contributed by atoms with E-state index < -0.39 is 23.7 Å². The second-order valence-corrected chi connectivity index (χ2v) is 9.77. The highest BCUT2D eigenvalue weighted by atomic mass is 32.1. The second-order valence-electron chi connectivity index (χ2n) is 7.81. The van der Waals surface area contributed by atoms with Crippen molar-refractivity contribution < 1.29 is 29.0 Å². The van der Waals surface area contributed by atoms with E-state index in [4.69, 9.17) is 9.47 Å². The van der Waals surface area contributed by atoms with Crippen molar-refractivity contribution in [3.05, 3.63) is 68.4 Å². The first-order valence-electron chi connectivity index (χ1n) is 11.0. The number of ether oxygens (including phenoxy) is 2. The summed E-state index contributed by atoms with van der Waals surface area (Å²) in [5.74, 6) is -1.85. The number of thiazole rings is 1. The molecule has 1 atom stereocenters. The molecule has 0 radical (unpaired) electrons. The van der Waals surface area contributed by atoms with Crippen LogP contribution in [0.5, 0.6) is 5.75 Å². The van der Waals surface area contributed by atoms with E-state index in [1.165, 1.54) is 23.3 Å². The molecule has 1 N–H and O–H groups in total. The first kappa shape index (κ1) is 24.6. The summed E-state index contributed by atoms with van der Waals surface area (Å²) in [5, 5.41) is 13.2. The molecule has 0 spiro atoms. The first-order valence-corrected chi connectivity index (χ1v) is 12.7. The van der Waals surface area contributed by atoms with Gasteiger partial charge < -0.3 is 14.6 Å². The molecule has 182 valence electrons. The highest BCUT2D eigenvalue weighted by Crippen LogP contribution is 2.45. The molecular formula is C25H24N2O6S2. The van der Waals surface area contributed by atoms with E-state index in [0.717, 1.165) is 24.2 Å². The summed E-state index contributed by atoms with van der Waals surface area (Å²) in [6.45, 7) is 4.30. The van der Waals surface area contributed by atoms with Gasteiger partial charge in [-0.25, -0.2) is 9.78 Å². The molecule has 2 aromatic heterocycles. The molecule has 0 aliphatic carbocycles. The van der Waals surface area contributed by atoms with Crippen LogP contribution in [0.4, 0.5) is 5.13 Å². The molecule has 1 unspecified atom stereocenters. The fourth-order valence-electron chi connectivity index (χ4n) is 3.71. The Balaban J connectivity index is 1.77. The van der Waals surface area contributed by atoms with Gasteiger partial charge in [-0.3, -0.25) is 14.5 Å². The quantitative estimate of drug-likeness (QED) is 0.147. The molecule has 3 heterocycles. The van der Waals surface area contributed by atoms with Crippen molar-refractivity contribution in [2.45, 2.75) is 32.7 Å². The van der Waals surface area contributed by atoms with Crippen LogP contribution >= 0.6 is 22.7 Å². The predicted molar refractivity (Wildman–Crippen MR) is 134 cm³/mol. The Kier molecular flexibility index (Phi) is 7.32. The smallest absolute Gasteiger partial charge is 0.350 e. The van der Waals surface area contributed by atoms with Gasteiger partial charge in [0.05, 0.1) is 25.0 Å². The number of carbonyl (C=O) groups is 3. The lowest BCUT2D eigenvalue weighted by Crippen LogP contribution is -2.29. The van der Waals surface area contributed by atoms with E-state index in [2.05, 4.69) is 11.9 Å². The lowest BCUT2D eigenvalue weighted by atomic mass is 10.00. The average molecular weight is 513 g/mol. The minimum atomic E-state index is -0.883. The van der Waals surface area contributed by atoms with Gasteiger partial charge in [-0.2, -0.15) is 0 Å². The van der Waals surface area contributed by atoms with Crippen LogP contribution in [0.1, 0.15) is 51.6 Å². The topological polar surface area (TPSA) is 106 Å². The predicted octanol–water partition coefficient (Wildman–Crippen LogP) is 5.10. The number of methoxy groups -OCH3 is 1. The van der Waals surface area contributed by atoms with E-state index in [9.17, 15) is 19.5 Å². The summed E-state index contributed by atoms with van der Waals surface area (Å²) in [7, 11) is 1.26. The van der Waals surface area contributed by atoms with Crippen LogP contribution in [-0.4, -0.2) is 41.5 Å². The summed E-state index contributed by atoms with van der Waals surface area (Å²) >= 11 is 2.32. The van der Waals surface area contributed by atoms with Crippen molar-refractivity contribution in [1.82, 2.24) is 4.98 Å². The number of aromatic nitrogens is 1. The number of aryl methyl sites for hydroxylation is 1. The Hall–Kier alpha value is -3.50. The summed E-state index contributed by atoms with van der Waals surface area (Å²) in [5.41, 5.74) is 0.741. The normalized spacial score (nSPS) is 17.1. The van der Waals surface area contributed by atoms with E-state index in [1.807, 2.05) is 5.38 Å². The number of rotatable bonds is 8. The Bertz CT molecular complexity index is 1280. The third kappa shape index (κ3) is 4.71. The molecule has 1 saturated heterocycles. The van der Waals surface area contributed by atoms with Crippen molar-refractivity contribution >= 4 is 51.2 Å². The molecule has 35 heavy (non-hydrogen) atoms. The van der Waals surface area contributed by atoms with Crippen molar-refractivity contribution in [3.63, 3.8) is 0 Å². The van der Waals surface area contributed by atoms with E-state index in [1.54, 1.807) is 43.3 Å². The molecule has 4 rings (SSSR count). The van der Waals surface area contributed by atoms with Gasteiger partial charge in [0.15, 0.2) is 5.13 Å². The number of esters is 1. The van der Waals surface area contributed by atoms with Gasteiger partial charge in [0.2, 0.25) is 0 Å². The number of hydrogen-bond donors (Lipinski definition) is 1. The summed E-state index contributed by atoms with van der Waals surface area (Å²) in [4.78, 5) is 45.0. The number of nitrogens with zero attached hydrogens (tertiary/aromatic N) is 2. The van der Waals surface area contributed by atoms with Crippen molar-refractivity contribution in [2.75, 3.05) is 18.6 Å². The number of aliphatic hydroxyl groups is 1. The van der Waals surface area contributed by atoms with Gasteiger partial charge in [-0.1, -0.05) is 30.7 Å². The largest absolute Gasteiger partial charge is 0.507 e. The summed E-state index contributed by atoms with van der Waals surface area (Å²) in [6, 6.07) is 9.44. The van der Waals surface area contributed by atoms with Gasteiger partial charge in [0.1, 0.15) is 22.4 Å². The zero-order chi connectivity index (χ0) is 25.1. The Labute approximate surface area is 210 Å². The maximum Gasteiger partial charge on any atom is 0.350 e.